The third-order valence-electron chi connectivity index (χ3n) is 5.09. The second-order valence-electron chi connectivity index (χ2n) is 7.51. The number of benzene rings is 3. The van der Waals surface area contributed by atoms with Gasteiger partial charge in [0.2, 0.25) is 0 Å². The van der Waals surface area contributed by atoms with Crippen molar-refractivity contribution in [1.29, 1.82) is 10.5 Å². The highest BCUT2D eigenvalue weighted by atomic mass is 35.5. The second kappa shape index (κ2) is 12.8. The molecule has 0 spiro atoms. The molecule has 0 aliphatic rings. The van der Waals surface area contributed by atoms with E-state index in [0.29, 0.717) is 33.7 Å². The lowest BCUT2D eigenvalue weighted by atomic mass is 10.1. The van der Waals surface area contributed by atoms with E-state index < -0.39 is 11.9 Å². The summed E-state index contributed by atoms with van der Waals surface area (Å²) in [6, 6.07) is 20.2. The largest absolute Gasteiger partial charge is 0.493 e. The first-order valence-electron chi connectivity index (χ1n) is 11.1. The van der Waals surface area contributed by atoms with Gasteiger partial charge < -0.3 is 19.5 Å². The number of carbonyl (C=O) groups excluding carboxylic acids is 2. The SMILES string of the molecule is CCOC(=O)c1ccc(NC(=O)/C(C#N)=C/c2cc(Cl)c(OCc3ccccc3C#N)c(OC)c2)cc1. The van der Waals surface area contributed by atoms with Crippen LogP contribution in [0, 0.1) is 22.7 Å². The van der Waals surface area contributed by atoms with Crippen LogP contribution in [0.5, 0.6) is 11.5 Å². The van der Waals surface area contributed by atoms with E-state index in [1.807, 2.05) is 6.07 Å². The minimum Gasteiger partial charge on any atom is -0.493 e. The molecule has 3 aromatic carbocycles. The fraction of sp³-hybridized carbons (Fsp3) is 0.143. The van der Waals surface area contributed by atoms with E-state index in [2.05, 4.69) is 11.4 Å². The second-order valence-corrected chi connectivity index (χ2v) is 7.92. The van der Waals surface area contributed by atoms with E-state index in [1.165, 1.54) is 43.5 Å². The summed E-state index contributed by atoms with van der Waals surface area (Å²) in [4.78, 5) is 24.5. The molecule has 9 heteroatoms. The molecule has 1 N–H and O–H groups in total. The average Bonchev–Trinajstić information content (AvgIpc) is 2.91. The lowest BCUT2D eigenvalue weighted by Gasteiger charge is -2.14. The minimum absolute atomic E-state index is 0.0931. The van der Waals surface area contributed by atoms with Crippen molar-refractivity contribution in [3.8, 4) is 23.6 Å². The third kappa shape index (κ3) is 6.88. The maximum Gasteiger partial charge on any atom is 0.338 e. The monoisotopic (exact) mass is 515 g/mol. The molecular weight excluding hydrogens is 494 g/mol. The molecular formula is C28H22ClN3O5. The Morgan fingerprint density at radius 1 is 1.08 bits per heavy atom. The van der Waals surface area contributed by atoms with E-state index >= 15 is 0 Å². The number of halogens is 1. The van der Waals surface area contributed by atoms with E-state index in [-0.39, 0.29) is 29.6 Å². The van der Waals surface area contributed by atoms with Gasteiger partial charge in [0.05, 0.1) is 35.9 Å². The molecule has 0 aliphatic carbocycles. The van der Waals surface area contributed by atoms with Gasteiger partial charge in [0.15, 0.2) is 11.5 Å². The molecule has 0 bridgehead atoms. The van der Waals surface area contributed by atoms with Crippen LogP contribution in [0.2, 0.25) is 5.02 Å². The van der Waals surface area contributed by atoms with E-state index in [0.717, 1.165) is 0 Å². The molecule has 0 atom stereocenters. The molecule has 3 aromatic rings. The number of esters is 1. The van der Waals surface area contributed by atoms with Crippen molar-refractivity contribution in [3.63, 3.8) is 0 Å². The van der Waals surface area contributed by atoms with Crippen LogP contribution < -0.4 is 14.8 Å². The quantitative estimate of drug-likeness (QED) is 0.226. The molecule has 0 aromatic heterocycles. The molecule has 1 amide bonds. The topological polar surface area (TPSA) is 121 Å². The summed E-state index contributed by atoms with van der Waals surface area (Å²) in [5.74, 6) is -0.556. The number of ether oxygens (including phenoxy) is 3. The Morgan fingerprint density at radius 3 is 2.46 bits per heavy atom. The number of methoxy groups -OCH3 is 1. The van der Waals surface area contributed by atoms with Crippen molar-refractivity contribution < 1.29 is 23.8 Å². The Hall–Kier alpha value is -4.79. The molecule has 0 fully saturated rings. The number of nitrogens with zero attached hydrogens (tertiary/aromatic N) is 2. The first-order valence-corrected chi connectivity index (χ1v) is 11.5. The first-order chi connectivity index (χ1) is 17.9. The molecule has 0 saturated carbocycles. The Bertz CT molecular complexity index is 1420. The Balaban J connectivity index is 1.78. The number of hydrogen-bond acceptors (Lipinski definition) is 7. The average molecular weight is 516 g/mol. The molecule has 0 heterocycles. The number of carbonyl (C=O) groups is 2. The van der Waals surface area contributed by atoms with Crippen molar-refractivity contribution in [2.24, 2.45) is 0 Å². The standard InChI is InChI=1S/C28H22ClN3O5/c1-3-36-28(34)19-8-10-23(11-9-19)32-27(33)22(16-31)12-18-13-24(29)26(25(14-18)35-2)37-17-21-7-5-4-6-20(21)15-30/h4-14H,3,17H2,1-2H3,(H,32,33)/b22-12+. The summed E-state index contributed by atoms with van der Waals surface area (Å²) in [6.45, 7) is 2.06. The van der Waals surface area contributed by atoms with Gasteiger partial charge in [-0.15, -0.1) is 0 Å². The summed E-state index contributed by atoms with van der Waals surface area (Å²) in [5, 5.41) is 21.7. The van der Waals surface area contributed by atoms with Crippen molar-refractivity contribution in [2.75, 3.05) is 19.0 Å². The number of rotatable bonds is 9. The maximum atomic E-state index is 12.7. The molecule has 37 heavy (non-hydrogen) atoms. The highest BCUT2D eigenvalue weighted by Crippen LogP contribution is 2.37. The molecule has 0 aliphatic heterocycles. The number of hydrogen-bond donors (Lipinski definition) is 1. The zero-order chi connectivity index (χ0) is 26.8. The predicted octanol–water partition coefficient (Wildman–Crippen LogP) is 5.52. The minimum atomic E-state index is -0.644. The number of nitriles is 2. The lowest BCUT2D eigenvalue weighted by molar-refractivity contribution is -0.112. The van der Waals surface area contributed by atoms with Crippen LogP contribution in [0.25, 0.3) is 6.08 Å². The summed E-state index contributed by atoms with van der Waals surface area (Å²) < 4.78 is 16.2. The van der Waals surface area contributed by atoms with Crippen LogP contribution in [0.3, 0.4) is 0 Å². The highest BCUT2D eigenvalue weighted by Gasteiger charge is 2.15. The zero-order valence-corrected chi connectivity index (χ0v) is 20.8. The van der Waals surface area contributed by atoms with Crippen LogP contribution in [0.4, 0.5) is 5.69 Å². The zero-order valence-electron chi connectivity index (χ0n) is 20.1. The summed E-state index contributed by atoms with van der Waals surface area (Å²) in [6.07, 6.45) is 1.37. The van der Waals surface area contributed by atoms with Gasteiger partial charge in [-0.2, -0.15) is 10.5 Å². The first kappa shape index (κ1) is 26.8. The van der Waals surface area contributed by atoms with Gasteiger partial charge in [-0.05, 0) is 61.0 Å². The molecule has 0 unspecified atom stereocenters. The van der Waals surface area contributed by atoms with E-state index in [1.54, 1.807) is 37.3 Å². The molecule has 3 rings (SSSR count). The summed E-state index contributed by atoms with van der Waals surface area (Å²) >= 11 is 6.43. The number of anilines is 1. The van der Waals surface area contributed by atoms with Crippen LogP contribution in [-0.2, 0) is 16.1 Å². The summed E-state index contributed by atoms with van der Waals surface area (Å²) in [5.41, 5.74) is 2.18. The fourth-order valence-electron chi connectivity index (χ4n) is 3.29. The Labute approximate surface area is 219 Å². The van der Waals surface area contributed by atoms with Crippen LogP contribution in [-0.4, -0.2) is 25.6 Å². The van der Waals surface area contributed by atoms with Gasteiger partial charge in [0, 0.05) is 11.3 Å². The van der Waals surface area contributed by atoms with Gasteiger partial charge >= 0.3 is 5.97 Å². The Kier molecular flexibility index (Phi) is 9.26. The fourth-order valence-corrected chi connectivity index (χ4v) is 3.56. The molecule has 186 valence electrons. The smallest absolute Gasteiger partial charge is 0.338 e. The van der Waals surface area contributed by atoms with Crippen LogP contribution in [0.15, 0.2) is 66.2 Å². The van der Waals surface area contributed by atoms with Crippen molar-refractivity contribution in [3.05, 3.63) is 93.5 Å². The van der Waals surface area contributed by atoms with Crippen molar-refractivity contribution in [1.82, 2.24) is 0 Å². The van der Waals surface area contributed by atoms with Gasteiger partial charge in [-0.1, -0.05) is 29.8 Å². The Morgan fingerprint density at radius 2 is 1.81 bits per heavy atom. The van der Waals surface area contributed by atoms with Gasteiger partial charge in [-0.25, -0.2) is 4.79 Å². The van der Waals surface area contributed by atoms with E-state index in [9.17, 15) is 20.1 Å². The van der Waals surface area contributed by atoms with Crippen LogP contribution >= 0.6 is 11.6 Å². The lowest BCUT2D eigenvalue weighted by Crippen LogP contribution is -2.13. The predicted molar refractivity (Wildman–Crippen MR) is 138 cm³/mol. The normalized spacial score (nSPS) is 10.6. The maximum absolute atomic E-state index is 12.7. The molecule has 0 radical (unpaired) electrons. The molecule has 8 nitrogen and oxygen atoms in total. The number of amides is 1. The third-order valence-corrected chi connectivity index (χ3v) is 5.37. The number of nitrogens with one attached hydrogen (secondary N) is 1. The van der Waals surface area contributed by atoms with E-state index in [4.69, 9.17) is 25.8 Å². The van der Waals surface area contributed by atoms with Gasteiger partial charge in [-0.3, -0.25) is 4.79 Å². The molecule has 0 saturated heterocycles. The van der Waals surface area contributed by atoms with Crippen molar-refractivity contribution >= 4 is 35.2 Å². The highest BCUT2D eigenvalue weighted by molar-refractivity contribution is 6.32. The van der Waals surface area contributed by atoms with Gasteiger partial charge in [0.1, 0.15) is 18.2 Å². The van der Waals surface area contributed by atoms with Crippen molar-refractivity contribution in [2.45, 2.75) is 13.5 Å². The van der Waals surface area contributed by atoms with Crippen LogP contribution in [0.1, 0.15) is 34.0 Å². The summed E-state index contributed by atoms with van der Waals surface area (Å²) in [7, 11) is 1.44. The van der Waals surface area contributed by atoms with Gasteiger partial charge in [0.25, 0.3) is 5.91 Å².